The molecule has 110 valence electrons. The fourth-order valence-corrected chi connectivity index (χ4v) is 3.16. The molecule has 10 heteroatoms. The number of nitrogens with zero attached hydrogens (tertiary/aromatic N) is 4. The Morgan fingerprint density at radius 3 is 2.95 bits per heavy atom. The maximum Gasteiger partial charge on any atom is 0.218 e. The number of aliphatic hydroxyl groups excluding tert-OH is 2. The molecule has 0 aliphatic carbocycles. The number of guanidine groups is 1. The van der Waals surface area contributed by atoms with Crippen LogP contribution in [0.3, 0.4) is 0 Å². The van der Waals surface area contributed by atoms with Gasteiger partial charge in [-0.3, -0.25) is 4.99 Å². The summed E-state index contributed by atoms with van der Waals surface area (Å²) in [6.45, 7) is -0.457. The highest BCUT2D eigenvalue weighted by Crippen LogP contribution is 2.32. The highest BCUT2D eigenvalue weighted by molar-refractivity contribution is 14.1. The summed E-state index contributed by atoms with van der Waals surface area (Å²) in [5, 5.41) is 18.7. The van der Waals surface area contributed by atoms with E-state index >= 15 is 0 Å². The van der Waals surface area contributed by atoms with Gasteiger partial charge >= 0.3 is 0 Å². The van der Waals surface area contributed by atoms with E-state index < -0.39 is 37.4 Å². The Hall–Kier alpha value is -0.850. The van der Waals surface area contributed by atoms with Crippen LogP contribution < -0.4 is 5.73 Å². The van der Waals surface area contributed by atoms with E-state index in [1.54, 1.807) is 0 Å². The molecule has 0 aromatic heterocycles. The number of ether oxygens (including phenoxy) is 1. The summed E-state index contributed by atoms with van der Waals surface area (Å²) >= 11 is 2.01. The lowest BCUT2D eigenvalue weighted by Gasteiger charge is -2.31. The summed E-state index contributed by atoms with van der Waals surface area (Å²) in [5.74, 6) is 0.0961. The van der Waals surface area contributed by atoms with Crippen molar-refractivity contribution in [1.29, 1.82) is 0 Å². The number of aliphatic hydroxyl groups is 2. The monoisotopic (exact) mass is 397 g/mol. The molecular weight excluding hydrogens is 384 g/mol. The molecule has 3 aliphatic heterocycles. The van der Waals surface area contributed by atoms with E-state index in [1.807, 2.05) is 22.6 Å². The van der Waals surface area contributed by atoms with Crippen molar-refractivity contribution in [1.82, 2.24) is 4.90 Å². The van der Waals surface area contributed by atoms with Gasteiger partial charge in [0.2, 0.25) is 5.96 Å². The van der Waals surface area contributed by atoms with E-state index in [1.165, 1.54) is 11.2 Å². The lowest BCUT2D eigenvalue weighted by molar-refractivity contribution is -0.0691. The fourth-order valence-electron chi connectivity index (χ4n) is 2.43. The van der Waals surface area contributed by atoms with E-state index in [2.05, 4.69) is 15.0 Å². The normalized spacial score (nSPS) is 43.5. The molecule has 4 N–H and O–H groups in total. The van der Waals surface area contributed by atoms with Gasteiger partial charge in [-0.1, -0.05) is 0 Å². The van der Waals surface area contributed by atoms with Crippen LogP contribution in [-0.2, 0) is 4.74 Å². The zero-order valence-corrected chi connectivity index (χ0v) is 12.3. The van der Waals surface area contributed by atoms with Crippen LogP contribution in [0.25, 0.3) is 0 Å². The van der Waals surface area contributed by atoms with Gasteiger partial charge < -0.3 is 25.6 Å². The molecule has 0 aromatic rings. The van der Waals surface area contributed by atoms with E-state index in [-0.39, 0.29) is 12.0 Å². The molecule has 0 spiro atoms. The lowest BCUT2D eigenvalue weighted by Crippen LogP contribution is -2.49. The van der Waals surface area contributed by atoms with Crippen LogP contribution in [0.5, 0.6) is 0 Å². The third kappa shape index (κ3) is 2.10. The molecule has 8 nitrogen and oxygen atoms in total. The van der Waals surface area contributed by atoms with Gasteiger partial charge in [0.25, 0.3) is 0 Å². The topological polar surface area (TPSA) is 116 Å². The van der Waals surface area contributed by atoms with Crippen LogP contribution in [0.1, 0.15) is 0 Å². The number of fused-ring (bicyclic) bond motifs is 1. The summed E-state index contributed by atoms with van der Waals surface area (Å²) in [5.41, 5.74) is 5.61. The summed E-state index contributed by atoms with van der Waals surface area (Å²) < 4.78 is 20.1. The third-order valence-electron chi connectivity index (χ3n) is 3.45. The van der Waals surface area contributed by atoms with Crippen molar-refractivity contribution in [3.8, 4) is 0 Å². The second kappa shape index (κ2) is 5.16. The predicted octanol–water partition coefficient (Wildman–Crippen LogP) is -1.40. The molecule has 1 fully saturated rings. The first kappa shape index (κ1) is 14.1. The van der Waals surface area contributed by atoms with E-state index in [9.17, 15) is 9.50 Å². The van der Waals surface area contributed by atoms with E-state index in [0.717, 1.165) is 0 Å². The van der Waals surface area contributed by atoms with Crippen molar-refractivity contribution in [3.63, 3.8) is 0 Å². The highest BCUT2D eigenvalue weighted by atomic mass is 127. The zero-order valence-electron chi connectivity index (χ0n) is 10.2. The maximum atomic E-state index is 14.1. The minimum atomic E-state index is -1.66. The number of nitrogens with two attached hydrogens (primary N) is 1. The Labute approximate surface area is 127 Å². The lowest BCUT2D eigenvalue weighted by atomic mass is 10.1. The summed E-state index contributed by atoms with van der Waals surface area (Å²) in [4.78, 5) is 13.8. The van der Waals surface area contributed by atoms with Crippen molar-refractivity contribution in [3.05, 3.63) is 0 Å². The molecule has 6 atom stereocenters. The van der Waals surface area contributed by atoms with Gasteiger partial charge in [0.05, 0.1) is 12.9 Å². The molecular formula is C10H13FIN5O3. The average Bonchev–Trinajstić information content (AvgIpc) is 2.93. The smallest absolute Gasteiger partial charge is 0.218 e. The number of hydrogen-bond acceptors (Lipinski definition) is 8. The molecule has 0 aromatic carbocycles. The first-order valence-corrected chi connectivity index (χ1v) is 7.07. The summed E-state index contributed by atoms with van der Waals surface area (Å²) in [6.07, 6.45) is -4.16. The van der Waals surface area contributed by atoms with E-state index in [4.69, 9.17) is 15.6 Å². The SMILES string of the molecule is NC1=NC2C(N=CN2C2OC(CO)C(O)C2F)C(I)=N1. The van der Waals surface area contributed by atoms with Gasteiger partial charge in [0.15, 0.2) is 18.6 Å². The van der Waals surface area contributed by atoms with Gasteiger partial charge in [-0.15, -0.1) is 0 Å². The standard InChI is InChI=1S/C10H13FIN5O3/c11-4-6(19)3(1-18)20-9(4)17-2-14-5-7(12)15-10(13)16-8(5)17/h2-6,8-9,18-19H,1H2,(H2,13,16). The van der Waals surface area contributed by atoms with Gasteiger partial charge in [0, 0.05) is 0 Å². The molecule has 1 saturated heterocycles. The zero-order chi connectivity index (χ0) is 14.4. The molecule has 0 saturated carbocycles. The van der Waals surface area contributed by atoms with Crippen LogP contribution in [0.4, 0.5) is 4.39 Å². The number of hydrogen-bond donors (Lipinski definition) is 3. The minimum absolute atomic E-state index is 0.0961. The third-order valence-corrected chi connectivity index (χ3v) is 4.33. The highest BCUT2D eigenvalue weighted by Gasteiger charge is 2.50. The molecule has 0 amide bonds. The number of aliphatic imine (C=N–C) groups is 3. The molecule has 0 radical (unpaired) electrons. The Kier molecular flexibility index (Phi) is 3.64. The van der Waals surface area contributed by atoms with Gasteiger partial charge in [0.1, 0.15) is 22.0 Å². The molecule has 0 bridgehead atoms. The van der Waals surface area contributed by atoms with Crippen molar-refractivity contribution >= 4 is 38.6 Å². The van der Waals surface area contributed by atoms with Crippen molar-refractivity contribution in [2.45, 2.75) is 36.8 Å². The van der Waals surface area contributed by atoms with Crippen molar-refractivity contribution < 1.29 is 19.3 Å². The minimum Gasteiger partial charge on any atom is -0.394 e. The summed E-state index contributed by atoms with van der Waals surface area (Å²) in [7, 11) is 0. The van der Waals surface area contributed by atoms with Crippen LogP contribution in [-0.4, -0.2) is 74.6 Å². The largest absolute Gasteiger partial charge is 0.394 e. The van der Waals surface area contributed by atoms with Gasteiger partial charge in [-0.2, -0.15) is 0 Å². The quantitative estimate of drug-likeness (QED) is 0.496. The average molecular weight is 397 g/mol. The molecule has 3 heterocycles. The first-order valence-electron chi connectivity index (χ1n) is 5.99. The number of alkyl halides is 1. The van der Waals surface area contributed by atoms with Crippen LogP contribution >= 0.6 is 22.6 Å². The summed E-state index contributed by atoms with van der Waals surface area (Å²) in [6, 6.07) is -0.344. The molecule has 3 aliphatic rings. The van der Waals surface area contributed by atoms with Crippen LogP contribution in [0, 0.1) is 0 Å². The molecule has 3 rings (SSSR count). The fraction of sp³-hybridized carbons (Fsp3) is 0.700. The second-order valence-electron chi connectivity index (χ2n) is 4.67. The molecule has 6 unspecified atom stereocenters. The maximum absolute atomic E-state index is 14.1. The Balaban J connectivity index is 1.83. The Morgan fingerprint density at radius 1 is 1.55 bits per heavy atom. The number of rotatable bonds is 2. The van der Waals surface area contributed by atoms with Crippen molar-refractivity contribution in [2.75, 3.05) is 6.61 Å². The predicted molar refractivity (Wildman–Crippen MR) is 77.6 cm³/mol. The van der Waals surface area contributed by atoms with Gasteiger partial charge in [-0.05, 0) is 22.6 Å². The first-order chi connectivity index (χ1) is 9.52. The Morgan fingerprint density at radius 2 is 2.30 bits per heavy atom. The Bertz CT molecular complexity index is 501. The number of halogens is 2. The van der Waals surface area contributed by atoms with E-state index in [0.29, 0.717) is 3.72 Å². The van der Waals surface area contributed by atoms with Crippen LogP contribution in [0.15, 0.2) is 15.0 Å². The second-order valence-corrected chi connectivity index (χ2v) is 5.78. The van der Waals surface area contributed by atoms with Gasteiger partial charge in [-0.25, -0.2) is 14.4 Å². The van der Waals surface area contributed by atoms with Crippen LogP contribution in [0.2, 0.25) is 0 Å². The molecule has 20 heavy (non-hydrogen) atoms. The van der Waals surface area contributed by atoms with Crippen molar-refractivity contribution in [2.24, 2.45) is 20.7 Å².